The van der Waals surface area contributed by atoms with Crippen molar-refractivity contribution in [3.8, 4) is 0 Å². The van der Waals surface area contributed by atoms with Crippen LogP contribution >= 0.6 is 15.9 Å². The van der Waals surface area contributed by atoms with Crippen molar-refractivity contribution in [1.29, 1.82) is 0 Å². The first-order valence-electron chi connectivity index (χ1n) is 9.35. The molecule has 26 heavy (non-hydrogen) atoms. The molecule has 142 valence electrons. The van der Waals surface area contributed by atoms with Crippen molar-refractivity contribution in [1.82, 2.24) is 14.8 Å². The van der Waals surface area contributed by atoms with Crippen molar-refractivity contribution in [2.45, 2.75) is 69.7 Å². The van der Waals surface area contributed by atoms with E-state index in [0.29, 0.717) is 0 Å². The van der Waals surface area contributed by atoms with Gasteiger partial charge in [-0.15, -0.1) is 10.2 Å². The number of hydrogen-bond acceptors (Lipinski definition) is 3. The van der Waals surface area contributed by atoms with E-state index >= 15 is 0 Å². The van der Waals surface area contributed by atoms with E-state index in [9.17, 15) is 0 Å². The van der Waals surface area contributed by atoms with Crippen molar-refractivity contribution >= 4 is 24.2 Å². The van der Waals surface area contributed by atoms with Gasteiger partial charge in [0.2, 0.25) is 0 Å². The molecule has 1 fully saturated rings. The Hall–Kier alpha value is -0.983. The van der Waals surface area contributed by atoms with E-state index in [1.807, 2.05) is 11.6 Å². The minimum absolute atomic E-state index is 0.0929. The summed E-state index contributed by atoms with van der Waals surface area (Å²) in [6.07, 6.45) is 5.14. The highest BCUT2D eigenvalue weighted by Crippen LogP contribution is 2.53. The lowest BCUT2D eigenvalue weighted by molar-refractivity contribution is -0.0368. The normalized spacial score (nSPS) is 18.4. The molecule has 0 amide bonds. The zero-order valence-corrected chi connectivity index (χ0v) is 19.3. The van der Waals surface area contributed by atoms with Crippen LogP contribution in [0.15, 0.2) is 35.1 Å². The van der Waals surface area contributed by atoms with E-state index in [2.05, 4.69) is 84.3 Å². The smallest absolute Gasteiger partial charge is 0.192 e. The van der Waals surface area contributed by atoms with Crippen LogP contribution in [0.4, 0.5) is 0 Å². The molecule has 0 saturated heterocycles. The molecule has 1 aromatic heterocycles. The Bertz CT molecular complexity index is 777. The van der Waals surface area contributed by atoms with Crippen LogP contribution in [0.2, 0.25) is 18.1 Å². The summed E-state index contributed by atoms with van der Waals surface area (Å²) in [5, 5.41) is 8.84. The largest absolute Gasteiger partial charge is 0.410 e. The third-order valence-corrected chi connectivity index (χ3v) is 11.2. The van der Waals surface area contributed by atoms with Crippen LogP contribution in [-0.2, 0) is 11.5 Å². The third-order valence-electron chi connectivity index (χ3n) is 6.18. The van der Waals surface area contributed by atoms with Gasteiger partial charge in [0.1, 0.15) is 12.2 Å². The molecule has 1 atom stereocenters. The van der Waals surface area contributed by atoms with E-state index in [1.165, 1.54) is 12.0 Å². The average Bonchev–Trinajstić information content (AvgIpc) is 2.89. The summed E-state index contributed by atoms with van der Waals surface area (Å²) in [5.74, 6) is 1.08. The minimum Gasteiger partial charge on any atom is -0.410 e. The molecule has 4 nitrogen and oxygen atoms in total. The molecule has 2 aromatic rings. The van der Waals surface area contributed by atoms with Crippen molar-refractivity contribution in [2.75, 3.05) is 0 Å². The number of halogens is 1. The summed E-state index contributed by atoms with van der Waals surface area (Å²) in [4.78, 5) is 0. The SMILES string of the molecule is Cn1cnnc1C(c1cccc(Br)c1)C1(O[Si](C)(C)C(C)(C)C)CCC1. The van der Waals surface area contributed by atoms with Crippen LogP contribution in [-0.4, -0.2) is 28.7 Å². The number of rotatable bonds is 5. The maximum absolute atomic E-state index is 7.10. The van der Waals surface area contributed by atoms with E-state index in [1.54, 1.807) is 6.33 Å². The maximum atomic E-state index is 7.10. The lowest BCUT2D eigenvalue weighted by Crippen LogP contribution is -2.56. The van der Waals surface area contributed by atoms with Gasteiger partial charge in [-0.2, -0.15) is 0 Å². The Labute approximate surface area is 166 Å². The number of aromatic nitrogens is 3. The summed E-state index contributed by atoms with van der Waals surface area (Å²) in [7, 11) is 0.108. The summed E-state index contributed by atoms with van der Waals surface area (Å²) in [5.41, 5.74) is 1.05. The highest BCUT2D eigenvalue weighted by molar-refractivity contribution is 9.10. The standard InChI is InChI=1S/C20H30BrN3OSi/c1-19(2,3)26(5,6)25-20(11-8-12-20)17(18-23-22-14-24(18)4)15-9-7-10-16(21)13-15/h7,9-10,13-14,17H,8,11-12H2,1-6H3. The summed E-state index contributed by atoms with van der Waals surface area (Å²) >= 11 is 3.64. The molecular formula is C20H30BrN3OSi. The van der Waals surface area contributed by atoms with Crippen LogP contribution in [0, 0.1) is 0 Å². The molecular weight excluding hydrogens is 406 g/mol. The first-order valence-corrected chi connectivity index (χ1v) is 13.1. The second-order valence-corrected chi connectivity index (χ2v) is 14.7. The van der Waals surface area contributed by atoms with Gasteiger partial charge in [-0.25, -0.2) is 0 Å². The number of nitrogens with zero attached hydrogens (tertiary/aromatic N) is 3. The summed E-state index contributed by atoms with van der Waals surface area (Å²) in [6, 6.07) is 8.56. The second kappa shape index (κ2) is 6.88. The monoisotopic (exact) mass is 435 g/mol. The van der Waals surface area contributed by atoms with Crippen molar-refractivity contribution in [2.24, 2.45) is 7.05 Å². The van der Waals surface area contributed by atoms with Gasteiger partial charge in [-0.1, -0.05) is 48.8 Å². The Balaban J connectivity index is 2.10. The van der Waals surface area contributed by atoms with Crippen molar-refractivity contribution < 1.29 is 4.43 Å². The fraction of sp³-hybridized carbons (Fsp3) is 0.600. The van der Waals surface area contributed by atoms with Crippen LogP contribution in [0.3, 0.4) is 0 Å². The van der Waals surface area contributed by atoms with Crippen LogP contribution in [0.1, 0.15) is 57.3 Å². The highest BCUT2D eigenvalue weighted by atomic mass is 79.9. The molecule has 3 rings (SSSR count). The van der Waals surface area contributed by atoms with E-state index in [-0.39, 0.29) is 16.6 Å². The van der Waals surface area contributed by atoms with Gasteiger partial charge >= 0.3 is 0 Å². The zero-order valence-electron chi connectivity index (χ0n) is 16.7. The molecule has 0 bridgehead atoms. The molecule has 0 radical (unpaired) electrons. The maximum Gasteiger partial charge on any atom is 0.192 e. The Kier molecular flexibility index (Phi) is 5.23. The fourth-order valence-electron chi connectivity index (χ4n) is 3.56. The van der Waals surface area contributed by atoms with Crippen LogP contribution in [0.25, 0.3) is 0 Å². The summed E-state index contributed by atoms with van der Waals surface area (Å²) < 4.78 is 10.2. The summed E-state index contributed by atoms with van der Waals surface area (Å²) in [6.45, 7) is 11.6. The number of aryl methyl sites for hydroxylation is 1. The predicted octanol–water partition coefficient (Wildman–Crippen LogP) is 5.65. The Morgan fingerprint density at radius 2 is 1.96 bits per heavy atom. The van der Waals surface area contributed by atoms with Crippen LogP contribution in [0.5, 0.6) is 0 Å². The van der Waals surface area contributed by atoms with Gasteiger partial charge in [-0.05, 0) is 55.1 Å². The molecule has 0 spiro atoms. The first-order chi connectivity index (χ1) is 12.1. The molecule has 1 unspecified atom stereocenters. The van der Waals surface area contributed by atoms with E-state index < -0.39 is 8.32 Å². The van der Waals surface area contributed by atoms with Crippen LogP contribution < -0.4 is 0 Å². The quantitative estimate of drug-likeness (QED) is 0.569. The lowest BCUT2D eigenvalue weighted by Gasteiger charge is -2.53. The first kappa shape index (κ1) is 19.8. The van der Waals surface area contributed by atoms with Gasteiger partial charge < -0.3 is 8.99 Å². The van der Waals surface area contributed by atoms with Gasteiger partial charge in [0, 0.05) is 11.5 Å². The van der Waals surface area contributed by atoms with E-state index in [4.69, 9.17) is 4.43 Å². The molecule has 1 aliphatic rings. The molecule has 0 aliphatic heterocycles. The highest BCUT2D eigenvalue weighted by Gasteiger charge is 2.53. The van der Waals surface area contributed by atoms with Gasteiger partial charge in [-0.3, -0.25) is 0 Å². The third kappa shape index (κ3) is 3.56. The predicted molar refractivity (Wildman–Crippen MR) is 112 cm³/mol. The number of benzene rings is 1. The zero-order chi connectivity index (χ0) is 19.2. The van der Waals surface area contributed by atoms with Gasteiger partial charge in [0.25, 0.3) is 0 Å². The molecule has 1 aliphatic carbocycles. The lowest BCUT2D eigenvalue weighted by atomic mass is 9.68. The molecule has 1 aromatic carbocycles. The fourth-order valence-corrected chi connectivity index (χ4v) is 5.63. The van der Waals surface area contributed by atoms with Crippen molar-refractivity contribution in [3.63, 3.8) is 0 Å². The minimum atomic E-state index is -1.92. The van der Waals surface area contributed by atoms with E-state index in [0.717, 1.165) is 23.1 Å². The molecule has 6 heteroatoms. The molecule has 0 N–H and O–H groups in total. The Morgan fingerprint density at radius 3 is 2.42 bits per heavy atom. The van der Waals surface area contributed by atoms with Crippen molar-refractivity contribution in [3.05, 3.63) is 46.5 Å². The average molecular weight is 436 g/mol. The van der Waals surface area contributed by atoms with Gasteiger partial charge in [0.15, 0.2) is 8.32 Å². The molecule has 1 heterocycles. The Morgan fingerprint density at radius 1 is 1.27 bits per heavy atom. The number of hydrogen-bond donors (Lipinski definition) is 0. The van der Waals surface area contributed by atoms with Gasteiger partial charge in [0.05, 0.1) is 11.5 Å². The molecule has 1 saturated carbocycles. The second-order valence-electron chi connectivity index (χ2n) is 9.07. The topological polar surface area (TPSA) is 39.9 Å².